The summed E-state index contributed by atoms with van der Waals surface area (Å²) in [6, 6.07) is 4.10. The van der Waals surface area contributed by atoms with Crippen LogP contribution in [-0.4, -0.2) is 45.4 Å². The van der Waals surface area contributed by atoms with Gasteiger partial charge in [0.25, 0.3) is 5.91 Å². The quantitative estimate of drug-likeness (QED) is 0.910. The Morgan fingerprint density at radius 2 is 2.38 bits per heavy atom. The van der Waals surface area contributed by atoms with Gasteiger partial charge in [-0.3, -0.25) is 4.79 Å². The summed E-state index contributed by atoms with van der Waals surface area (Å²) in [7, 11) is 0. The van der Waals surface area contributed by atoms with E-state index in [9.17, 15) is 4.79 Å². The molecule has 2 aromatic rings. The second-order valence-electron chi connectivity index (χ2n) is 4.92. The van der Waals surface area contributed by atoms with Crippen molar-refractivity contribution in [2.75, 3.05) is 19.6 Å². The summed E-state index contributed by atoms with van der Waals surface area (Å²) >= 11 is 7.42. The number of aromatic nitrogens is 3. The van der Waals surface area contributed by atoms with Crippen molar-refractivity contribution in [1.82, 2.24) is 25.2 Å². The third-order valence-corrected chi connectivity index (χ3v) is 4.72. The van der Waals surface area contributed by atoms with E-state index in [4.69, 9.17) is 11.6 Å². The molecule has 0 radical (unpaired) electrons. The highest BCUT2D eigenvalue weighted by Gasteiger charge is 2.23. The summed E-state index contributed by atoms with van der Waals surface area (Å²) in [6.07, 6.45) is 1.73. The van der Waals surface area contributed by atoms with E-state index in [1.54, 1.807) is 15.8 Å². The minimum Gasteiger partial charge on any atom is -0.332 e. The Morgan fingerprint density at radius 1 is 1.57 bits per heavy atom. The number of nitrogens with zero attached hydrogens (tertiary/aromatic N) is 4. The molecule has 1 N–H and O–H groups in total. The number of carbonyl (C=O) groups is 1. The maximum absolute atomic E-state index is 12.5. The third kappa shape index (κ3) is 3.09. The molecule has 1 amide bonds. The Labute approximate surface area is 131 Å². The molecule has 2 aromatic heterocycles. The van der Waals surface area contributed by atoms with Crippen LogP contribution in [0.15, 0.2) is 18.3 Å². The molecule has 0 bridgehead atoms. The Hall–Kier alpha value is -1.44. The number of hydrogen-bond donors (Lipinski definition) is 1. The van der Waals surface area contributed by atoms with Gasteiger partial charge in [0.05, 0.1) is 23.1 Å². The molecule has 6 nitrogen and oxygen atoms in total. The van der Waals surface area contributed by atoms with E-state index in [2.05, 4.69) is 15.6 Å². The van der Waals surface area contributed by atoms with Gasteiger partial charge in [0.1, 0.15) is 0 Å². The van der Waals surface area contributed by atoms with Crippen molar-refractivity contribution in [3.05, 3.63) is 33.2 Å². The SMILES string of the molecule is CCN(Cc1ccc(Cl)s1)C(=O)c1cn(C2CNC2)nn1. The molecule has 3 heterocycles. The van der Waals surface area contributed by atoms with E-state index in [1.807, 2.05) is 19.1 Å². The van der Waals surface area contributed by atoms with E-state index in [-0.39, 0.29) is 5.91 Å². The normalized spacial score (nSPS) is 15.0. The molecule has 21 heavy (non-hydrogen) atoms. The number of nitrogens with one attached hydrogen (secondary N) is 1. The van der Waals surface area contributed by atoms with Crippen molar-refractivity contribution >= 4 is 28.8 Å². The van der Waals surface area contributed by atoms with Gasteiger partial charge in [-0.2, -0.15) is 0 Å². The highest BCUT2D eigenvalue weighted by Crippen LogP contribution is 2.23. The molecule has 1 fully saturated rings. The first-order valence-corrected chi connectivity index (χ1v) is 8.03. The van der Waals surface area contributed by atoms with Crippen LogP contribution in [0.2, 0.25) is 4.34 Å². The maximum Gasteiger partial charge on any atom is 0.276 e. The van der Waals surface area contributed by atoms with Gasteiger partial charge < -0.3 is 10.2 Å². The highest BCUT2D eigenvalue weighted by atomic mass is 35.5. The van der Waals surface area contributed by atoms with Crippen LogP contribution in [0.3, 0.4) is 0 Å². The number of hydrogen-bond acceptors (Lipinski definition) is 5. The Kier molecular flexibility index (Phi) is 4.23. The molecule has 1 aliphatic rings. The van der Waals surface area contributed by atoms with E-state index in [1.165, 1.54) is 11.3 Å². The number of amides is 1. The van der Waals surface area contributed by atoms with Crippen LogP contribution in [0.5, 0.6) is 0 Å². The zero-order valence-corrected chi connectivity index (χ0v) is 13.2. The van der Waals surface area contributed by atoms with Gasteiger partial charge in [-0.1, -0.05) is 16.8 Å². The number of carbonyl (C=O) groups excluding carboxylic acids is 1. The molecular formula is C13H16ClN5OS. The molecule has 8 heteroatoms. The summed E-state index contributed by atoms with van der Waals surface area (Å²) in [5, 5.41) is 11.2. The molecule has 0 aliphatic carbocycles. The van der Waals surface area contributed by atoms with Crippen LogP contribution >= 0.6 is 22.9 Å². The molecule has 0 spiro atoms. The predicted molar refractivity (Wildman–Crippen MR) is 81.7 cm³/mol. The monoisotopic (exact) mass is 325 g/mol. The van der Waals surface area contributed by atoms with Crippen molar-refractivity contribution in [3.63, 3.8) is 0 Å². The number of rotatable bonds is 5. The van der Waals surface area contributed by atoms with Crippen LogP contribution in [-0.2, 0) is 6.54 Å². The number of halogens is 1. The van der Waals surface area contributed by atoms with E-state index >= 15 is 0 Å². The van der Waals surface area contributed by atoms with Gasteiger partial charge in [0.15, 0.2) is 5.69 Å². The Balaban J connectivity index is 1.70. The van der Waals surface area contributed by atoms with E-state index < -0.39 is 0 Å². The van der Waals surface area contributed by atoms with Crippen molar-refractivity contribution in [2.24, 2.45) is 0 Å². The lowest BCUT2D eigenvalue weighted by atomic mass is 10.2. The fourth-order valence-electron chi connectivity index (χ4n) is 2.13. The molecule has 0 saturated carbocycles. The van der Waals surface area contributed by atoms with Gasteiger partial charge in [-0.05, 0) is 19.1 Å². The minimum atomic E-state index is -0.0967. The molecule has 0 aromatic carbocycles. The molecular weight excluding hydrogens is 310 g/mol. The van der Waals surface area contributed by atoms with Crippen LogP contribution in [0.1, 0.15) is 28.3 Å². The topological polar surface area (TPSA) is 63.1 Å². The highest BCUT2D eigenvalue weighted by molar-refractivity contribution is 7.16. The van der Waals surface area contributed by atoms with Gasteiger partial charge in [-0.25, -0.2) is 4.68 Å². The summed E-state index contributed by atoms with van der Waals surface area (Å²) in [6.45, 7) is 4.87. The smallest absolute Gasteiger partial charge is 0.276 e. The predicted octanol–water partition coefficient (Wildman–Crippen LogP) is 1.80. The average molecular weight is 326 g/mol. The van der Waals surface area contributed by atoms with E-state index in [0.29, 0.717) is 24.8 Å². The summed E-state index contributed by atoms with van der Waals surface area (Å²) in [5.74, 6) is -0.0967. The first kappa shape index (κ1) is 14.5. The summed E-state index contributed by atoms with van der Waals surface area (Å²) in [5.41, 5.74) is 0.395. The fraction of sp³-hybridized carbons (Fsp3) is 0.462. The van der Waals surface area contributed by atoms with Gasteiger partial charge in [-0.15, -0.1) is 16.4 Å². The molecule has 1 aliphatic heterocycles. The summed E-state index contributed by atoms with van der Waals surface area (Å²) in [4.78, 5) is 15.3. The molecule has 3 rings (SSSR count). The fourth-order valence-corrected chi connectivity index (χ4v) is 3.23. The van der Waals surface area contributed by atoms with Gasteiger partial charge >= 0.3 is 0 Å². The second-order valence-corrected chi connectivity index (χ2v) is 6.72. The van der Waals surface area contributed by atoms with Crippen molar-refractivity contribution in [3.8, 4) is 0 Å². The van der Waals surface area contributed by atoms with Crippen molar-refractivity contribution in [1.29, 1.82) is 0 Å². The molecule has 0 unspecified atom stereocenters. The molecule has 0 atom stereocenters. The van der Waals surface area contributed by atoms with Crippen molar-refractivity contribution in [2.45, 2.75) is 19.5 Å². The van der Waals surface area contributed by atoms with Crippen molar-refractivity contribution < 1.29 is 4.79 Å². The summed E-state index contributed by atoms with van der Waals surface area (Å²) < 4.78 is 2.50. The molecule has 112 valence electrons. The Bertz CT molecular complexity index is 636. The van der Waals surface area contributed by atoms with E-state index in [0.717, 1.165) is 22.3 Å². The Morgan fingerprint density at radius 3 is 2.95 bits per heavy atom. The zero-order valence-electron chi connectivity index (χ0n) is 11.6. The maximum atomic E-state index is 12.5. The second kappa shape index (κ2) is 6.13. The minimum absolute atomic E-state index is 0.0967. The lowest BCUT2D eigenvalue weighted by Gasteiger charge is -2.26. The van der Waals surface area contributed by atoms with Crippen LogP contribution < -0.4 is 5.32 Å². The van der Waals surface area contributed by atoms with Crippen LogP contribution in [0.25, 0.3) is 0 Å². The first-order valence-electron chi connectivity index (χ1n) is 6.83. The lowest BCUT2D eigenvalue weighted by Crippen LogP contribution is -2.43. The largest absolute Gasteiger partial charge is 0.332 e. The molecule has 1 saturated heterocycles. The standard InChI is InChI=1S/C13H16ClN5OS/c1-2-18(7-10-3-4-12(14)21-10)13(20)11-8-19(17-16-11)9-5-15-6-9/h3-4,8-9,15H,2,5-7H2,1H3. The number of thiophene rings is 1. The third-order valence-electron chi connectivity index (χ3n) is 3.51. The van der Waals surface area contributed by atoms with Crippen LogP contribution in [0, 0.1) is 0 Å². The first-order chi connectivity index (χ1) is 10.2. The lowest BCUT2D eigenvalue weighted by molar-refractivity contribution is 0.0748. The zero-order chi connectivity index (χ0) is 14.8. The van der Waals surface area contributed by atoms with Gasteiger partial charge in [0.2, 0.25) is 0 Å². The van der Waals surface area contributed by atoms with Crippen LogP contribution in [0.4, 0.5) is 0 Å². The van der Waals surface area contributed by atoms with Gasteiger partial charge in [0, 0.05) is 24.5 Å². The average Bonchev–Trinajstić information content (AvgIpc) is 3.03.